The van der Waals surface area contributed by atoms with Gasteiger partial charge in [0.25, 0.3) is 0 Å². The van der Waals surface area contributed by atoms with E-state index in [1.54, 1.807) is 43.5 Å². The zero-order chi connectivity index (χ0) is 23.8. The molecular formula is C22H25N3O6S2. The molecule has 0 unspecified atom stereocenters. The Hall–Kier alpha value is -2.99. The Labute approximate surface area is 198 Å². The summed E-state index contributed by atoms with van der Waals surface area (Å²) >= 11 is 5.17. The van der Waals surface area contributed by atoms with E-state index in [9.17, 15) is 13.2 Å². The molecule has 0 atom stereocenters. The van der Waals surface area contributed by atoms with Gasteiger partial charge in [-0.1, -0.05) is 6.07 Å². The Morgan fingerprint density at radius 2 is 1.73 bits per heavy atom. The third-order valence-electron chi connectivity index (χ3n) is 4.79. The number of benzene rings is 2. The molecule has 0 aliphatic carbocycles. The molecule has 2 aromatic rings. The van der Waals surface area contributed by atoms with Crippen LogP contribution in [0.1, 0.15) is 5.56 Å². The summed E-state index contributed by atoms with van der Waals surface area (Å²) in [4.78, 5) is 12.4. The third-order valence-corrected chi connectivity index (χ3v) is 6.91. The summed E-state index contributed by atoms with van der Waals surface area (Å²) in [6.07, 6.45) is 2.96. The van der Waals surface area contributed by atoms with Crippen molar-refractivity contribution in [3.05, 3.63) is 54.1 Å². The number of rotatable bonds is 7. The molecule has 1 aliphatic rings. The highest BCUT2D eigenvalue weighted by Gasteiger charge is 2.26. The van der Waals surface area contributed by atoms with E-state index in [0.717, 1.165) is 5.56 Å². The lowest BCUT2D eigenvalue weighted by Crippen LogP contribution is -2.40. The summed E-state index contributed by atoms with van der Waals surface area (Å²) in [6.45, 7) is 1.42. The van der Waals surface area contributed by atoms with Crippen LogP contribution >= 0.6 is 12.2 Å². The van der Waals surface area contributed by atoms with Crippen LogP contribution < -0.4 is 20.1 Å². The SMILES string of the molecule is COc1ccc(C=CC(=O)NC(=S)Nc2ccc(S(=O)(=O)N3CCOCC3)cc2)cc1OC. The molecule has 0 radical (unpaired) electrons. The molecule has 1 fully saturated rings. The van der Waals surface area contributed by atoms with Crippen LogP contribution in [0.2, 0.25) is 0 Å². The first-order chi connectivity index (χ1) is 15.8. The second-order valence-corrected chi connectivity index (χ2v) is 9.28. The number of nitrogens with one attached hydrogen (secondary N) is 2. The molecule has 3 rings (SSSR count). The van der Waals surface area contributed by atoms with Gasteiger partial charge in [0, 0.05) is 24.9 Å². The van der Waals surface area contributed by atoms with E-state index in [4.69, 9.17) is 26.4 Å². The lowest BCUT2D eigenvalue weighted by Gasteiger charge is -2.26. The van der Waals surface area contributed by atoms with Crippen molar-refractivity contribution in [1.82, 2.24) is 9.62 Å². The first-order valence-corrected chi connectivity index (χ1v) is 11.9. The summed E-state index contributed by atoms with van der Waals surface area (Å²) in [5.74, 6) is 0.721. The van der Waals surface area contributed by atoms with Gasteiger partial charge in [-0.15, -0.1) is 0 Å². The standard InChI is InChI=1S/C22H25N3O6S2/c1-29-19-9-3-16(15-20(19)30-2)4-10-21(26)24-22(32)23-17-5-7-18(8-6-17)33(27,28)25-11-13-31-14-12-25/h3-10,15H,11-14H2,1-2H3,(H2,23,24,26,32). The molecular weight excluding hydrogens is 466 g/mol. The molecule has 2 N–H and O–H groups in total. The molecule has 1 aliphatic heterocycles. The number of sulfonamides is 1. The van der Waals surface area contributed by atoms with Gasteiger partial charge in [0.1, 0.15) is 0 Å². The number of methoxy groups -OCH3 is 2. The summed E-state index contributed by atoms with van der Waals surface area (Å²) in [5.41, 5.74) is 1.30. The number of ether oxygens (including phenoxy) is 3. The quantitative estimate of drug-likeness (QED) is 0.449. The molecule has 0 spiro atoms. The van der Waals surface area contributed by atoms with Crippen LogP contribution in [0.3, 0.4) is 0 Å². The van der Waals surface area contributed by atoms with E-state index in [0.29, 0.717) is 43.5 Å². The highest BCUT2D eigenvalue weighted by molar-refractivity contribution is 7.89. The molecule has 0 bridgehead atoms. The molecule has 33 heavy (non-hydrogen) atoms. The third kappa shape index (κ3) is 6.51. The molecule has 9 nitrogen and oxygen atoms in total. The fourth-order valence-electron chi connectivity index (χ4n) is 3.09. The summed E-state index contributed by atoms with van der Waals surface area (Å²) in [6, 6.07) is 11.4. The number of carbonyl (C=O) groups excluding carboxylic acids is 1. The fourth-order valence-corrected chi connectivity index (χ4v) is 4.72. The maximum Gasteiger partial charge on any atom is 0.250 e. The van der Waals surface area contributed by atoms with Gasteiger partial charge in [0.15, 0.2) is 16.6 Å². The smallest absolute Gasteiger partial charge is 0.250 e. The number of thiocarbonyl (C=S) groups is 1. The van der Waals surface area contributed by atoms with Gasteiger partial charge >= 0.3 is 0 Å². The monoisotopic (exact) mass is 491 g/mol. The first kappa shape index (κ1) is 24.6. The second-order valence-electron chi connectivity index (χ2n) is 6.93. The Kier molecular flexibility index (Phi) is 8.39. The molecule has 2 aromatic carbocycles. The highest BCUT2D eigenvalue weighted by Crippen LogP contribution is 2.28. The van der Waals surface area contributed by atoms with Crippen molar-refractivity contribution in [2.75, 3.05) is 45.8 Å². The molecule has 11 heteroatoms. The molecule has 1 saturated heterocycles. The van der Waals surface area contributed by atoms with E-state index in [1.807, 2.05) is 0 Å². The molecule has 1 amide bonds. The fraction of sp³-hybridized carbons (Fsp3) is 0.273. The molecule has 176 valence electrons. The van der Waals surface area contributed by atoms with E-state index in [-0.39, 0.29) is 10.0 Å². The minimum Gasteiger partial charge on any atom is -0.493 e. The number of hydrogen-bond donors (Lipinski definition) is 2. The van der Waals surface area contributed by atoms with E-state index in [2.05, 4.69) is 10.6 Å². The Balaban J connectivity index is 1.56. The van der Waals surface area contributed by atoms with Gasteiger partial charge in [-0.3, -0.25) is 10.1 Å². The predicted molar refractivity (Wildman–Crippen MR) is 129 cm³/mol. The normalized spacial score (nSPS) is 14.6. The summed E-state index contributed by atoms with van der Waals surface area (Å²) in [7, 11) is -0.491. The van der Waals surface area contributed by atoms with Crippen LogP contribution in [0.25, 0.3) is 6.08 Å². The van der Waals surface area contributed by atoms with E-state index < -0.39 is 15.9 Å². The van der Waals surface area contributed by atoms with Crippen LogP contribution in [0.5, 0.6) is 11.5 Å². The van der Waals surface area contributed by atoms with Gasteiger partial charge in [-0.25, -0.2) is 8.42 Å². The van der Waals surface area contributed by atoms with Crippen molar-refractivity contribution in [3.8, 4) is 11.5 Å². The van der Waals surface area contributed by atoms with Crippen molar-refractivity contribution in [2.24, 2.45) is 0 Å². The minimum atomic E-state index is -3.57. The van der Waals surface area contributed by atoms with Crippen LogP contribution in [0.4, 0.5) is 5.69 Å². The van der Waals surface area contributed by atoms with Gasteiger partial charge in [0.2, 0.25) is 15.9 Å². The van der Waals surface area contributed by atoms with Crippen LogP contribution in [-0.2, 0) is 19.6 Å². The average molecular weight is 492 g/mol. The first-order valence-electron chi connectivity index (χ1n) is 10.0. The van der Waals surface area contributed by atoms with Crippen LogP contribution in [0.15, 0.2) is 53.4 Å². The number of amides is 1. The van der Waals surface area contributed by atoms with Gasteiger partial charge < -0.3 is 19.5 Å². The minimum absolute atomic E-state index is 0.0840. The summed E-state index contributed by atoms with van der Waals surface area (Å²) < 4.78 is 42.4. The van der Waals surface area contributed by atoms with Crippen molar-refractivity contribution in [1.29, 1.82) is 0 Å². The number of nitrogens with zero attached hydrogens (tertiary/aromatic N) is 1. The van der Waals surface area contributed by atoms with Crippen molar-refractivity contribution in [2.45, 2.75) is 4.90 Å². The number of carbonyl (C=O) groups is 1. The molecule has 0 aromatic heterocycles. The van der Waals surface area contributed by atoms with Crippen molar-refractivity contribution in [3.63, 3.8) is 0 Å². The topological polar surface area (TPSA) is 106 Å². The Morgan fingerprint density at radius 3 is 2.36 bits per heavy atom. The summed E-state index contributed by atoms with van der Waals surface area (Å²) in [5, 5.41) is 5.49. The Bertz CT molecular complexity index is 1130. The molecule has 1 heterocycles. The lowest BCUT2D eigenvalue weighted by molar-refractivity contribution is -0.115. The van der Waals surface area contributed by atoms with Gasteiger partial charge in [-0.2, -0.15) is 4.31 Å². The van der Waals surface area contributed by atoms with Crippen molar-refractivity contribution < 1.29 is 27.4 Å². The number of anilines is 1. The zero-order valence-electron chi connectivity index (χ0n) is 18.2. The van der Waals surface area contributed by atoms with E-state index >= 15 is 0 Å². The number of hydrogen-bond acceptors (Lipinski definition) is 7. The average Bonchev–Trinajstić information content (AvgIpc) is 2.83. The van der Waals surface area contributed by atoms with Gasteiger partial charge in [-0.05, 0) is 60.3 Å². The Morgan fingerprint density at radius 1 is 1.06 bits per heavy atom. The largest absolute Gasteiger partial charge is 0.493 e. The predicted octanol–water partition coefficient (Wildman–Crippen LogP) is 2.25. The van der Waals surface area contributed by atoms with Crippen LogP contribution in [0, 0.1) is 0 Å². The van der Waals surface area contributed by atoms with Crippen LogP contribution in [-0.4, -0.2) is 64.3 Å². The molecule has 0 saturated carbocycles. The van der Waals surface area contributed by atoms with Gasteiger partial charge in [0.05, 0.1) is 32.3 Å². The number of morpholine rings is 1. The van der Waals surface area contributed by atoms with Crippen molar-refractivity contribution >= 4 is 45.0 Å². The maximum absolute atomic E-state index is 12.7. The zero-order valence-corrected chi connectivity index (χ0v) is 19.9. The maximum atomic E-state index is 12.7. The second kappa shape index (κ2) is 11.2. The highest BCUT2D eigenvalue weighted by atomic mass is 32.2. The van der Waals surface area contributed by atoms with E-state index in [1.165, 1.54) is 29.6 Å². The lowest BCUT2D eigenvalue weighted by atomic mass is 10.2.